The molecule has 0 bridgehead atoms. The van der Waals surface area contributed by atoms with Crippen molar-refractivity contribution in [3.8, 4) is 11.1 Å². The number of fused-ring (bicyclic) bond motifs is 3. The molecule has 0 spiro atoms. The summed E-state index contributed by atoms with van der Waals surface area (Å²) in [5, 5.41) is 11.8. The quantitative estimate of drug-likeness (QED) is 0.603. The summed E-state index contributed by atoms with van der Waals surface area (Å²) in [5.74, 6) is -1.08. The van der Waals surface area contributed by atoms with Gasteiger partial charge in [-0.2, -0.15) is 0 Å². The lowest BCUT2D eigenvalue weighted by Crippen LogP contribution is -2.52. The average Bonchev–Trinajstić information content (AvgIpc) is 3.52. The smallest absolute Gasteiger partial charge is 0.407 e. The summed E-state index contributed by atoms with van der Waals surface area (Å²) >= 11 is 0. The van der Waals surface area contributed by atoms with Crippen LogP contribution in [0, 0.1) is 5.41 Å². The highest BCUT2D eigenvalue weighted by molar-refractivity contribution is 5.87. The van der Waals surface area contributed by atoms with E-state index in [-0.39, 0.29) is 37.9 Å². The van der Waals surface area contributed by atoms with Gasteiger partial charge in [-0.15, -0.1) is 0 Å². The van der Waals surface area contributed by atoms with Crippen LogP contribution in [0.3, 0.4) is 0 Å². The van der Waals surface area contributed by atoms with Gasteiger partial charge in [-0.1, -0.05) is 48.5 Å². The predicted molar refractivity (Wildman–Crippen MR) is 128 cm³/mol. The van der Waals surface area contributed by atoms with E-state index in [1.807, 2.05) is 45.0 Å². The van der Waals surface area contributed by atoms with Crippen molar-refractivity contribution in [3.05, 3.63) is 59.7 Å². The molecule has 180 valence electrons. The van der Waals surface area contributed by atoms with Crippen molar-refractivity contribution in [2.24, 2.45) is 5.41 Å². The van der Waals surface area contributed by atoms with Gasteiger partial charge in [0, 0.05) is 24.5 Å². The van der Waals surface area contributed by atoms with E-state index < -0.39 is 23.0 Å². The molecule has 4 rings (SSSR count). The van der Waals surface area contributed by atoms with Crippen molar-refractivity contribution in [2.45, 2.75) is 51.5 Å². The third kappa shape index (κ3) is 4.79. The first-order valence-electron chi connectivity index (χ1n) is 11.8. The van der Waals surface area contributed by atoms with Crippen molar-refractivity contribution in [2.75, 3.05) is 19.7 Å². The van der Waals surface area contributed by atoms with Crippen molar-refractivity contribution in [3.63, 3.8) is 0 Å². The summed E-state index contributed by atoms with van der Waals surface area (Å²) < 4.78 is 5.60. The number of carboxylic acids is 1. The Kier molecular flexibility index (Phi) is 6.39. The van der Waals surface area contributed by atoms with Crippen LogP contribution >= 0.6 is 0 Å². The average molecular weight is 465 g/mol. The molecule has 0 radical (unpaired) electrons. The Morgan fingerprint density at radius 1 is 1.03 bits per heavy atom. The molecule has 0 atom stereocenters. The molecular formula is C27H32N2O5. The van der Waals surface area contributed by atoms with Gasteiger partial charge in [-0.05, 0) is 55.9 Å². The van der Waals surface area contributed by atoms with Crippen LogP contribution in [0.5, 0.6) is 0 Å². The number of hydrogen-bond acceptors (Lipinski definition) is 4. The van der Waals surface area contributed by atoms with Crippen molar-refractivity contribution in [1.82, 2.24) is 10.2 Å². The molecule has 2 aromatic rings. The molecule has 7 heteroatoms. The monoisotopic (exact) mass is 464 g/mol. The number of aliphatic carboxylic acids is 1. The number of amides is 2. The summed E-state index contributed by atoms with van der Waals surface area (Å²) in [7, 11) is 0. The maximum absolute atomic E-state index is 13.3. The predicted octanol–water partition coefficient (Wildman–Crippen LogP) is 4.41. The number of benzene rings is 2. The normalized spacial score (nSPS) is 15.7. The second kappa shape index (κ2) is 9.12. The first-order valence-corrected chi connectivity index (χ1v) is 11.8. The summed E-state index contributed by atoms with van der Waals surface area (Å²) in [5.41, 5.74) is 3.43. The van der Waals surface area contributed by atoms with Crippen LogP contribution in [0.2, 0.25) is 0 Å². The van der Waals surface area contributed by atoms with E-state index in [4.69, 9.17) is 9.84 Å². The Morgan fingerprint density at radius 2 is 1.59 bits per heavy atom. The highest BCUT2D eigenvalue weighted by Gasteiger charge is 2.53. The van der Waals surface area contributed by atoms with Gasteiger partial charge in [0.05, 0.1) is 11.8 Å². The van der Waals surface area contributed by atoms with Crippen LogP contribution in [0.4, 0.5) is 4.79 Å². The zero-order chi connectivity index (χ0) is 24.5. The lowest BCUT2D eigenvalue weighted by molar-refractivity contribution is -0.144. The fourth-order valence-electron chi connectivity index (χ4n) is 4.74. The minimum absolute atomic E-state index is 0.0259. The van der Waals surface area contributed by atoms with E-state index in [1.54, 1.807) is 4.90 Å². The van der Waals surface area contributed by atoms with Crippen LogP contribution < -0.4 is 5.32 Å². The SMILES string of the molecule is CC(C)(C)N(CCC(=O)O)C(=O)C1(CNC(=O)OCC2c3ccccc3-c3ccccc32)CC1. The second-order valence-electron chi connectivity index (χ2n) is 10.2. The molecule has 0 unspecified atom stereocenters. The van der Waals surface area contributed by atoms with E-state index in [9.17, 15) is 14.4 Å². The number of nitrogens with one attached hydrogen (secondary N) is 1. The molecule has 1 saturated carbocycles. The van der Waals surface area contributed by atoms with Crippen LogP contribution in [0.25, 0.3) is 11.1 Å². The summed E-state index contributed by atoms with van der Waals surface area (Å²) in [6.45, 7) is 6.21. The third-order valence-corrected chi connectivity index (χ3v) is 6.83. The molecule has 1 fully saturated rings. The van der Waals surface area contributed by atoms with E-state index in [0.29, 0.717) is 12.8 Å². The van der Waals surface area contributed by atoms with Crippen LogP contribution in [-0.2, 0) is 14.3 Å². The fourth-order valence-corrected chi connectivity index (χ4v) is 4.74. The molecule has 7 nitrogen and oxygen atoms in total. The van der Waals surface area contributed by atoms with Crippen LogP contribution in [0.1, 0.15) is 57.1 Å². The van der Waals surface area contributed by atoms with Gasteiger partial charge in [0.15, 0.2) is 0 Å². The van der Waals surface area contributed by atoms with Gasteiger partial charge < -0.3 is 20.1 Å². The summed E-state index contributed by atoms with van der Waals surface area (Å²) in [4.78, 5) is 38.5. The minimum Gasteiger partial charge on any atom is -0.481 e. The molecule has 0 saturated heterocycles. The van der Waals surface area contributed by atoms with Gasteiger partial charge >= 0.3 is 12.1 Å². The van der Waals surface area contributed by atoms with E-state index >= 15 is 0 Å². The molecule has 2 aliphatic rings. The Bertz CT molecular complexity index is 1050. The van der Waals surface area contributed by atoms with E-state index in [2.05, 4.69) is 29.6 Å². The Hall–Kier alpha value is -3.35. The topological polar surface area (TPSA) is 95.9 Å². The van der Waals surface area contributed by atoms with Crippen molar-refractivity contribution < 1.29 is 24.2 Å². The number of hydrogen-bond donors (Lipinski definition) is 2. The minimum atomic E-state index is -0.941. The number of ether oxygens (including phenoxy) is 1. The molecule has 2 aliphatic carbocycles. The maximum atomic E-state index is 13.3. The number of carbonyl (C=O) groups excluding carboxylic acids is 2. The second-order valence-corrected chi connectivity index (χ2v) is 10.2. The number of alkyl carbamates (subject to hydrolysis) is 1. The zero-order valence-corrected chi connectivity index (χ0v) is 20.0. The van der Waals surface area contributed by atoms with Gasteiger partial charge in [0.2, 0.25) is 5.91 Å². The molecule has 0 heterocycles. The molecular weight excluding hydrogens is 432 g/mol. The third-order valence-electron chi connectivity index (χ3n) is 6.83. The molecule has 34 heavy (non-hydrogen) atoms. The van der Waals surface area contributed by atoms with Gasteiger partial charge in [-0.25, -0.2) is 4.79 Å². The molecule has 2 aromatic carbocycles. The molecule has 0 aromatic heterocycles. The number of rotatable bonds is 8. The van der Waals surface area contributed by atoms with E-state index in [1.165, 1.54) is 11.1 Å². The van der Waals surface area contributed by atoms with Gasteiger partial charge in [0.1, 0.15) is 6.61 Å². The first-order chi connectivity index (χ1) is 16.1. The Balaban J connectivity index is 1.36. The zero-order valence-electron chi connectivity index (χ0n) is 20.0. The lowest BCUT2D eigenvalue weighted by atomic mass is 9.98. The highest BCUT2D eigenvalue weighted by atomic mass is 16.5. The summed E-state index contributed by atoms with van der Waals surface area (Å²) in [6.07, 6.45) is 0.664. The summed E-state index contributed by atoms with van der Waals surface area (Å²) in [6, 6.07) is 16.3. The number of carbonyl (C=O) groups is 3. The molecule has 2 N–H and O–H groups in total. The number of carboxylic acid groups (broad SMARTS) is 1. The Labute approximate surface area is 200 Å². The van der Waals surface area contributed by atoms with Crippen molar-refractivity contribution >= 4 is 18.0 Å². The Morgan fingerprint density at radius 3 is 2.09 bits per heavy atom. The highest BCUT2D eigenvalue weighted by Crippen LogP contribution is 2.48. The lowest BCUT2D eigenvalue weighted by Gasteiger charge is -2.38. The van der Waals surface area contributed by atoms with Crippen LogP contribution in [-0.4, -0.2) is 53.2 Å². The molecule has 2 amide bonds. The maximum Gasteiger partial charge on any atom is 0.407 e. The molecule has 0 aliphatic heterocycles. The number of nitrogens with zero attached hydrogens (tertiary/aromatic N) is 1. The van der Waals surface area contributed by atoms with Crippen molar-refractivity contribution in [1.29, 1.82) is 0 Å². The van der Waals surface area contributed by atoms with E-state index in [0.717, 1.165) is 11.1 Å². The standard InChI is InChI=1S/C27H32N2O5/c1-26(2,3)29(15-12-23(30)31)24(32)27(13-14-27)17-28-25(33)34-16-22-20-10-6-4-8-18(20)19-9-5-7-11-21(19)22/h4-11,22H,12-17H2,1-3H3,(H,28,33)(H,30,31). The first kappa shape index (κ1) is 23.8. The van der Waals surface area contributed by atoms with Crippen LogP contribution in [0.15, 0.2) is 48.5 Å². The van der Waals surface area contributed by atoms with Gasteiger partial charge in [-0.3, -0.25) is 9.59 Å². The van der Waals surface area contributed by atoms with Gasteiger partial charge in [0.25, 0.3) is 0 Å². The fraction of sp³-hybridized carbons (Fsp3) is 0.444. The largest absolute Gasteiger partial charge is 0.481 e.